The highest BCUT2D eigenvalue weighted by Crippen LogP contribution is 2.23. The Morgan fingerprint density at radius 1 is 1.03 bits per heavy atom. The van der Waals surface area contributed by atoms with Gasteiger partial charge in [0.05, 0.1) is 18.3 Å². The number of pyridine rings is 2. The summed E-state index contributed by atoms with van der Waals surface area (Å²) in [7, 11) is 1.65. The van der Waals surface area contributed by atoms with Crippen LogP contribution in [0.4, 0.5) is 15.8 Å². The Morgan fingerprint density at radius 2 is 1.78 bits per heavy atom. The van der Waals surface area contributed by atoms with E-state index in [2.05, 4.69) is 15.6 Å². The van der Waals surface area contributed by atoms with E-state index in [-0.39, 0.29) is 23.9 Å². The lowest BCUT2D eigenvalue weighted by atomic mass is 10.0. The highest BCUT2D eigenvalue weighted by atomic mass is 19.1. The molecule has 4 aromatic rings. The van der Waals surface area contributed by atoms with Crippen LogP contribution in [0.25, 0.3) is 11.3 Å². The summed E-state index contributed by atoms with van der Waals surface area (Å²) in [4.78, 5) is 43.1. The number of aromatic nitrogens is 2. The van der Waals surface area contributed by atoms with Crippen molar-refractivity contribution in [3.63, 3.8) is 0 Å². The van der Waals surface area contributed by atoms with Crippen molar-refractivity contribution < 1.29 is 14.0 Å². The van der Waals surface area contributed by atoms with E-state index in [0.717, 1.165) is 0 Å². The van der Waals surface area contributed by atoms with Gasteiger partial charge < -0.3 is 20.9 Å². The largest absolute Gasteiger partial charge is 0.399 e. The number of nitrogens with two attached hydrogens (primary N) is 1. The van der Waals surface area contributed by atoms with Gasteiger partial charge in [0.15, 0.2) is 5.78 Å². The molecule has 0 radical (unpaired) electrons. The smallest absolute Gasteiger partial charge is 0.275 e. The quantitative estimate of drug-likeness (QED) is 0.252. The van der Waals surface area contributed by atoms with Gasteiger partial charge in [0.1, 0.15) is 11.5 Å². The minimum absolute atomic E-state index is 0.0752. The predicted octanol–water partition coefficient (Wildman–Crippen LogP) is 3.46. The highest BCUT2D eigenvalue weighted by Gasteiger charge is 2.17. The summed E-state index contributed by atoms with van der Waals surface area (Å²) in [5.41, 5.74) is 8.70. The van der Waals surface area contributed by atoms with Crippen molar-refractivity contribution in [1.82, 2.24) is 14.9 Å². The lowest BCUT2D eigenvalue weighted by Crippen LogP contribution is -2.37. The van der Waals surface area contributed by atoms with Crippen molar-refractivity contribution in [2.24, 2.45) is 0 Å². The third kappa shape index (κ3) is 5.79. The topological polar surface area (TPSA) is 119 Å². The summed E-state index contributed by atoms with van der Waals surface area (Å²) in [6.07, 6.45) is 2.98. The molecule has 2 heterocycles. The van der Waals surface area contributed by atoms with Crippen molar-refractivity contribution in [2.45, 2.75) is 19.5 Å². The average Bonchev–Trinajstić information content (AvgIpc) is 2.90. The van der Waals surface area contributed by atoms with Gasteiger partial charge in [0.25, 0.3) is 5.56 Å². The number of rotatable bonds is 8. The summed E-state index contributed by atoms with van der Waals surface area (Å²) >= 11 is 0. The Labute approximate surface area is 213 Å². The molecule has 4 N–H and O–H groups in total. The first-order valence-corrected chi connectivity index (χ1v) is 11.6. The average molecular weight is 500 g/mol. The van der Waals surface area contributed by atoms with Crippen LogP contribution in [0.1, 0.15) is 28.4 Å². The number of nitrogens with one attached hydrogen (secondary N) is 2. The van der Waals surface area contributed by atoms with Crippen LogP contribution in [0, 0.1) is 5.82 Å². The van der Waals surface area contributed by atoms with E-state index in [0.29, 0.717) is 33.6 Å². The van der Waals surface area contributed by atoms with E-state index in [1.54, 1.807) is 56.6 Å². The third-order valence-electron chi connectivity index (χ3n) is 5.94. The molecule has 4 rings (SSSR count). The minimum atomic E-state index is -0.500. The number of hydrogen-bond acceptors (Lipinski definition) is 6. The zero-order valence-corrected chi connectivity index (χ0v) is 20.4. The van der Waals surface area contributed by atoms with E-state index in [9.17, 15) is 18.8 Å². The third-order valence-corrected chi connectivity index (χ3v) is 5.94. The lowest BCUT2D eigenvalue weighted by molar-refractivity contribution is -0.117. The second-order valence-corrected chi connectivity index (χ2v) is 8.57. The number of nitrogen functional groups attached to an aromatic ring is 1. The number of halogens is 1. The molecule has 0 spiro atoms. The number of nitrogens with zero attached hydrogens (tertiary/aromatic N) is 2. The van der Waals surface area contributed by atoms with Crippen LogP contribution in [0.3, 0.4) is 0 Å². The maximum Gasteiger partial charge on any atom is 0.275 e. The molecule has 0 fully saturated rings. The number of likely N-dealkylation sites (N-methyl/N-ethyl adjacent to an activating group) is 1. The summed E-state index contributed by atoms with van der Waals surface area (Å²) in [6.45, 7) is 1.76. The predicted molar refractivity (Wildman–Crippen MR) is 141 cm³/mol. The van der Waals surface area contributed by atoms with Crippen LogP contribution < -0.4 is 21.9 Å². The maximum absolute atomic E-state index is 13.5. The van der Waals surface area contributed by atoms with Crippen molar-refractivity contribution >= 4 is 23.1 Å². The van der Waals surface area contributed by atoms with Gasteiger partial charge in [-0.05, 0) is 74.1 Å². The zero-order chi connectivity index (χ0) is 26.5. The summed E-state index contributed by atoms with van der Waals surface area (Å²) in [6, 6.07) is 16.8. The summed E-state index contributed by atoms with van der Waals surface area (Å²) in [5.74, 6) is -1.11. The van der Waals surface area contributed by atoms with Gasteiger partial charge in [0.2, 0.25) is 5.91 Å². The summed E-state index contributed by atoms with van der Waals surface area (Å²) < 4.78 is 14.8. The first-order chi connectivity index (χ1) is 17.8. The molecule has 0 aliphatic rings. The number of ketones is 1. The Morgan fingerprint density at radius 3 is 2.49 bits per heavy atom. The molecule has 1 atom stereocenters. The second-order valence-electron chi connectivity index (χ2n) is 8.57. The number of benzene rings is 2. The minimum Gasteiger partial charge on any atom is -0.399 e. The van der Waals surface area contributed by atoms with Gasteiger partial charge in [-0.15, -0.1) is 0 Å². The van der Waals surface area contributed by atoms with Crippen LogP contribution >= 0.6 is 0 Å². The molecule has 0 saturated carbocycles. The van der Waals surface area contributed by atoms with Crippen LogP contribution in [0.2, 0.25) is 0 Å². The van der Waals surface area contributed by atoms with E-state index < -0.39 is 17.4 Å². The fourth-order valence-corrected chi connectivity index (χ4v) is 3.80. The van der Waals surface area contributed by atoms with Crippen LogP contribution in [0.15, 0.2) is 83.9 Å². The normalized spacial score (nSPS) is 11.6. The molecule has 37 heavy (non-hydrogen) atoms. The van der Waals surface area contributed by atoms with Gasteiger partial charge in [-0.2, -0.15) is 0 Å². The van der Waals surface area contributed by atoms with Gasteiger partial charge in [-0.3, -0.25) is 19.4 Å². The Bertz CT molecular complexity index is 1520. The SMILES string of the molecule is CN[C@H](C)C(=O)Nc1ccc(-c2cccc(N)c2)n(Cc2cncc(C(=O)c3ccc(F)cc3)c2)c1=O. The molecule has 1 amide bonds. The van der Waals surface area contributed by atoms with Gasteiger partial charge in [-0.1, -0.05) is 12.1 Å². The zero-order valence-electron chi connectivity index (χ0n) is 20.4. The van der Waals surface area contributed by atoms with Crippen molar-refractivity contribution in [1.29, 1.82) is 0 Å². The number of carbonyl (C=O) groups is 2. The van der Waals surface area contributed by atoms with E-state index in [1.165, 1.54) is 35.0 Å². The first kappa shape index (κ1) is 25.5. The molecule has 188 valence electrons. The van der Waals surface area contributed by atoms with Crippen LogP contribution in [-0.2, 0) is 11.3 Å². The molecule has 2 aromatic carbocycles. The van der Waals surface area contributed by atoms with Gasteiger partial charge in [0, 0.05) is 34.8 Å². The Kier molecular flexibility index (Phi) is 7.55. The monoisotopic (exact) mass is 499 g/mol. The highest BCUT2D eigenvalue weighted by molar-refractivity contribution is 6.08. The number of anilines is 2. The number of carbonyl (C=O) groups excluding carboxylic acids is 2. The molecule has 8 nitrogen and oxygen atoms in total. The number of amides is 1. The van der Waals surface area contributed by atoms with Gasteiger partial charge in [-0.25, -0.2) is 4.39 Å². The molecular weight excluding hydrogens is 473 g/mol. The molecule has 0 saturated heterocycles. The fourth-order valence-electron chi connectivity index (χ4n) is 3.80. The molecule has 0 unspecified atom stereocenters. The van der Waals surface area contributed by atoms with Crippen molar-refractivity contribution in [2.75, 3.05) is 18.1 Å². The molecule has 2 aromatic heterocycles. The second kappa shape index (κ2) is 11.0. The standard InChI is InChI=1S/C28H26FN5O3/c1-17(31-2)27(36)33-24-10-11-25(20-4-3-5-23(30)13-20)34(28(24)37)16-18-12-21(15-32-14-18)26(35)19-6-8-22(29)9-7-19/h3-15,17,31H,16,30H2,1-2H3,(H,33,36)/t17-/m1/s1. The van der Waals surface area contributed by atoms with Crippen LogP contribution in [0.5, 0.6) is 0 Å². The fraction of sp³-hybridized carbons (Fsp3) is 0.143. The van der Waals surface area contributed by atoms with Gasteiger partial charge >= 0.3 is 0 Å². The van der Waals surface area contributed by atoms with Crippen LogP contribution in [-0.4, -0.2) is 34.3 Å². The van der Waals surface area contributed by atoms with E-state index in [4.69, 9.17) is 5.73 Å². The molecule has 0 aliphatic carbocycles. The molecular formula is C28H26FN5O3. The number of hydrogen-bond donors (Lipinski definition) is 3. The Balaban J connectivity index is 1.75. The van der Waals surface area contributed by atoms with E-state index >= 15 is 0 Å². The summed E-state index contributed by atoms with van der Waals surface area (Å²) in [5, 5.41) is 5.51. The molecule has 0 bridgehead atoms. The molecule has 9 heteroatoms. The Hall–Kier alpha value is -4.63. The molecule has 0 aliphatic heterocycles. The van der Waals surface area contributed by atoms with Crippen molar-refractivity contribution in [3.05, 3.63) is 112 Å². The maximum atomic E-state index is 13.5. The van der Waals surface area contributed by atoms with Crippen molar-refractivity contribution in [3.8, 4) is 11.3 Å². The van der Waals surface area contributed by atoms with E-state index in [1.807, 2.05) is 6.07 Å². The lowest BCUT2D eigenvalue weighted by Gasteiger charge is -2.17. The first-order valence-electron chi connectivity index (χ1n) is 11.6.